The molecule has 132 valence electrons. The maximum Gasteiger partial charge on any atom is 0.250 e. The van der Waals surface area contributed by atoms with Crippen molar-refractivity contribution in [2.75, 3.05) is 14.2 Å². The Hall–Kier alpha value is -3.35. The van der Waals surface area contributed by atoms with Gasteiger partial charge < -0.3 is 28.5 Å². The van der Waals surface area contributed by atoms with Crippen LogP contribution in [0.5, 0.6) is 23.0 Å². The van der Waals surface area contributed by atoms with Crippen LogP contribution in [0.15, 0.2) is 39.7 Å². The molecule has 0 aliphatic carbocycles. The van der Waals surface area contributed by atoms with Crippen LogP contribution in [-0.2, 0) is 4.74 Å². The fraction of sp³-hybridized carbons (Fsp3) is 0.211. The maximum absolute atomic E-state index is 13.2. The number of benzene rings is 2. The predicted molar refractivity (Wildman–Crippen MR) is 92.1 cm³/mol. The summed E-state index contributed by atoms with van der Waals surface area (Å²) in [5, 5.41) is 10.5. The molecule has 26 heavy (non-hydrogen) atoms. The van der Waals surface area contributed by atoms with Gasteiger partial charge in [0.15, 0.2) is 11.3 Å². The largest absolute Gasteiger partial charge is 0.507 e. The first-order chi connectivity index (χ1) is 12.6. The average molecular weight is 354 g/mol. The second kappa shape index (κ2) is 5.08. The summed E-state index contributed by atoms with van der Waals surface area (Å²) in [5.74, 6) is 0.817. The number of fused-ring (bicyclic) bond motifs is 6. The van der Waals surface area contributed by atoms with Crippen LogP contribution in [0.2, 0.25) is 0 Å². The van der Waals surface area contributed by atoms with E-state index in [4.69, 9.17) is 23.4 Å². The zero-order valence-electron chi connectivity index (χ0n) is 13.9. The molecule has 7 nitrogen and oxygen atoms in total. The van der Waals surface area contributed by atoms with E-state index in [0.29, 0.717) is 28.4 Å². The molecule has 0 radical (unpaired) electrons. The second-order valence-electron chi connectivity index (χ2n) is 6.09. The zero-order valence-corrected chi connectivity index (χ0v) is 13.9. The van der Waals surface area contributed by atoms with Gasteiger partial charge in [-0.2, -0.15) is 0 Å². The molecule has 2 atom stereocenters. The van der Waals surface area contributed by atoms with Crippen LogP contribution in [0.25, 0.3) is 21.9 Å². The van der Waals surface area contributed by atoms with Crippen LogP contribution in [0, 0.1) is 0 Å². The molecule has 5 rings (SSSR count). The van der Waals surface area contributed by atoms with E-state index in [1.54, 1.807) is 18.4 Å². The number of rotatable bonds is 2. The van der Waals surface area contributed by atoms with Crippen LogP contribution >= 0.6 is 0 Å². The van der Waals surface area contributed by atoms with Crippen molar-refractivity contribution >= 4 is 21.9 Å². The van der Waals surface area contributed by atoms with Gasteiger partial charge in [0.05, 0.1) is 32.0 Å². The fourth-order valence-corrected chi connectivity index (χ4v) is 3.63. The van der Waals surface area contributed by atoms with Crippen molar-refractivity contribution in [3.63, 3.8) is 0 Å². The highest BCUT2D eigenvalue weighted by molar-refractivity contribution is 6.00. The number of phenols is 1. The van der Waals surface area contributed by atoms with Gasteiger partial charge in [-0.1, -0.05) is 0 Å². The van der Waals surface area contributed by atoms with Crippen molar-refractivity contribution in [2.24, 2.45) is 0 Å². The third-order valence-corrected chi connectivity index (χ3v) is 4.81. The molecule has 7 heteroatoms. The first kappa shape index (κ1) is 14.9. The lowest BCUT2D eigenvalue weighted by Crippen LogP contribution is -2.14. The van der Waals surface area contributed by atoms with Crippen LogP contribution in [0.3, 0.4) is 0 Å². The Kier molecular flexibility index (Phi) is 2.92. The van der Waals surface area contributed by atoms with Gasteiger partial charge in [0.2, 0.25) is 5.43 Å². The van der Waals surface area contributed by atoms with Crippen molar-refractivity contribution in [3.8, 4) is 23.0 Å². The Bertz CT molecular complexity index is 1160. The highest BCUT2D eigenvalue weighted by atomic mass is 16.7. The molecule has 2 aliphatic rings. The highest BCUT2D eigenvalue weighted by Gasteiger charge is 2.41. The molecular weight excluding hydrogens is 340 g/mol. The number of aromatic hydroxyl groups is 1. The molecule has 0 spiro atoms. The van der Waals surface area contributed by atoms with Crippen LogP contribution in [0.1, 0.15) is 11.5 Å². The fourth-order valence-electron chi connectivity index (χ4n) is 3.63. The lowest BCUT2D eigenvalue weighted by molar-refractivity contribution is -0.00484. The van der Waals surface area contributed by atoms with Crippen LogP contribution < -0.4 is 19.6 Å². The molecule has 0 amide bonds. The van der Waals surface area contributed by atoms with E-state index in [0.717, 1.165) is 0 Å². The Morgan fingerprint density at radius 3 is 2.65 bits per heavy atom. The van der Waals surface area contributed by atoms with Gasteiger partial charge in [0.1, 0.15) is 33.6 Å². The lowest BCUT2D eigenvalue weighted by Gasteiger charge is -2.12. The molecule has 0 saturated carbocycles. The minimum Gasteiger partial charge on any atom is -0.507 e. The number of hydrogen-bond donors (Lipinski definition) is 1. The van der Waals surface area contributed by atoms with E-state index in [-0.39, 0.29) is 28.0 Å². The molecule has 1 N–H and O–H groups in total. The van der Waals surface area contributed by atoms with Crippen molar-refractivity contribution in [1.29, 1.82) is 0 Å². The van der Waals surface area contributed by atoms with Gasteiger partial charge in [-0.25, -0.2) is 0 Å². The first-order valence-electron chi connectivity index (χ1n) is 8.00. The van der Waals surface area contributed by atoms with E-state index in [9.17, 15) is 9.90 Å². The molecule has 0 saturated heterocycles. The molecular formula is C19H14O7. The Morgan fingerprint density at radius 1 is 1.08 bits per heavy atom. The number of ether oxygens (including phenoxy) is 4. The van der Waals surface area contributed by atoms with E-state index in [1.807, 2.05) is 6.08 Å². The van der Waals surface area contributed by atoms with Crippen LogP contribution in [0.4, 0.5) is 0 Å². The smallest absolute Gasteiger partial charge is 0.250 e. The van der Waals surface area contributed by atoms with Gasteiger partial charge in [0.25, 0.3) is 6.29 Å². The lowest BCUT2D eigenvalue weighted by atomic mass is 9.97. The molecule has 0 fully saturated rings. The Balaban J connectivity index is 2.00. The van der Waals surface area contributed by atoms with E-state index < -0.39 is 11.7 Å². The molecule has 1 unspecified atom stereocenters. The molecule has 1 aromatic heterocycles. The molecule has 3 heterocycles. The quantitative estimate of drug-likeness (QED) is 0.708. The third kappa shape index (κ3) is 1.74. The summed E-state index contributed by atoms with van der Waals surface area (Å²) < 4.78 is 28.0. The molecule has 3 aromatic rings. The number of methoxy groups -OCH3 is 2. The predicted octanol–water partition coefficient (Wildman–Crippen LogP) is 3.02. The molecule has 0 bridgehead atoms. The monoisotopic (exact) mass is 354 g/mol. The summed E-state index contributed by atoms with van der Waals surface area (Å²) >= 11 is 0. The van der Waals surface area contributed by atoms with Crippen molar-refractivity contribution in [1.82, 2.24) is 0 Å². The topological polar surface area (TPSA) is 87.4 Å². The third-order valence-electron chi connectivity index (χ3n) is 4.81. The summed E-state index contributed by atoms with van der Waals surface area (Å²) in [7, 11) is 2.93. The van der Waals surface area contributed by atoms with Gasteiger partial charge in [-0.3, -0.25) is 4.79 Å². The zero-order chi connectivity index (χ0) is 18.0. The van der Waals surface area contributed by atoms with Gasteiger partial charge in [0, 0.05) is 6.07 Å². The normalized spacial score (nSPS) is 19.9. The highest BCUT2D eigenvalue weighted by Crippen LogP contribution is 2.49. The average Bonchev–Trinajstić information content (AvgIpc) is 3.21. The van der Waals surface area contributed by atoms with Gasteiger partial charge >= 0.3 is 0 Å². The SMILES string of the molecule is COc1ccc(O)c2c(=O)c3c(OC)cc4c(c3oc12)C1C=CO[C@@H]1O4. The van der Waals surface area contributed by atoms with Crippen LogP contribution in [-0.4, -0.2) is 25.6 Å². The minimum atomic E-state index is -0.493. The summed E-state index contributed by atoms with van der Waals surface area (Å²) in [6.45, 7) is 0. The number of phenolic OH excluding ortho intramolecular Hbond substituents is 1. The summed E-state index contributed by atoms with van der Waals surface area (Å²) in [6, 6.07) is 4.59. The summed E-state index contributed by atoms with van der Waals surface area (Å²) in [4.78, 5) is 13.2. The molecule has 2 aliphatic heterocycles. The number of hydrogen-bond acceptors (Lipinski definition) is 7. The van der Waals surface area contributed by atoms with Crippen molar-refractivity contribution in [2.45, 2.75) is 12.2 Å². The van der Waals surface area contributed by atoms with Crippen molar-refractivity contribution < 1.29 is 28.5 Å². The Labute approximate surface area is 146 Å². The van der Waals surface area contributed by atoms with E-state index in [2.05, 4.69) is 0 Å². The maximum atomic E-state index is 13.2. The standard InChI is InChI=1S/C19H14O7/c1-22-10-4-3-9(20)14-16(21)15-11(23-2)7-12-13(18(15)26-17(10)14)8-5-6-24-19(8)25-12/h3-8,19-20H,1-2H3/t8?,19-/m1/s1. The van der Waals surface area contributed by atoms with Crippen molar-refractivity contribution in [3.05, 3.63) is 46.3 Å². The summed E-state index contributed by atoms with van der Waals surface area (Å²) in [6.07, 6.45) is 2.93. The van der Waals surface area contributed by atoms with Gasteiger partial charge in [-0.15, -0.1) is 0 Å². The molecule has 2 aromatic carbocycles. The van der Waals surface area contributed by atoms with Gasteiger partial charge in [-0.05, 0) is 18.2 Å². The Morgan fingerprint density at radius 2 is 1.88 bits per heavy atom. The first-order valence-corrected chi connectivity index (χ1v) is 8.00. The van der Waals surface area contributed by atoms with E-state index >= 15 is 0 Å². The second-order valence-corrected chi connectivity index (χ2v) is 6.09. The summed E-state index contributed by atoms with van der Waals surface area (Å²) in [5.41, 5.74) is 0.822. The minimum absolute atomic E-state index is 0.0452. The van der Waals surface area contributed by atoms with E-state index in [1.165, 1.54) is 20.3 Å².